The highest BCUT2D eigenvalue weighted by Gasteiger charge is 2.67. The molecule has 1 aromatic heterocycles. The Morgan fingerprint density at radius 2 is 1.35 bits per heavy atom. The monoisotopic (exact) mass is 688 g/mol. The number of benzene rings is 1. The minimum absolute atomic E-state index is 0.000919. The van der Waals surface area contributed by atoms with Crippen molar-refractivity contribution in [2.75, 3.05) is 6.61 Å². The molecule has 1 fully saturated rings. The highest BCUT2D eigenvalue weighted by molar-refractivity contribution is 6.75. The lowest BCUT2D eigenvalue weighted by Gasteiger charge is -2.47. The van der Waals surface area contributed by atoms with Crippen LogP contribution in [0.15, 0.2) is 46.0 Å². The smallest absolute Gasteiger partial charge is 0.330 e. The minimum Gasteiger partial charge on any atom is -0.414 e. The molecule has 1 spiro atoms. The molecule has 4 rings (SSSR count). The van der Waals surface area contributed by atoms with Crippen LogP contribution in [-0.2, 0) is 30.2 Å². The fourth-order valence-electron chi connectivity index (χ4n) is 5.83. The van der Waals surface area contributed by atoms with Crippen molar-refractivity contribution in [2.45, 2.75) is 153 Å². The lowest BCUT2D eigenvalue weighted by atomic mass is 9.84. The number of ether oxygens (including phenoxy) is 1. The average molecular weight is 689 g/mol. The van der Waals surface area contributed by atoms with E-state index in [1.807, 2.05) is 18.2 Å². The summed E-state index contributed by atoms with van der Waals surface area (Å²) in [5, 5.41) is -0.201. The van der Waals surface area contributed by atoms with Crippen LogP contribution in [-0.4, -0.2) is 59.4 Å². The standard InChI is InChI=1S/C35H60N2O6Si3/c1-32(2,3)44(10,11)40-23-27-29(42-45(12,13)33(4,5)6)30(43-46(14,15)34(7,8)9)35(41-27)26(24-19-17-16-18-20-24)21-25-22-28(38)36-31(39)37(25)35/h16-20,22,26-27,29-30H,21,23H2,1-15H3,(H,36,38,39)/t26?,27-,29-,30-,35-/m1/s1. The first-order chi connectivity index (χ1) is 20.8. The SMILES string of the molecule is CC(C)(C)[Si](C)(C)OC[C@H]1O[C@]2(C(c3ccccc3)Cc3cc(=O)[nH]c(=O)n32)[C@H](O[Si](C)(C)C(C)(C)C)[C@@H]1O[Si](C)(C)C(C)(C)C. The Bertz CT molecular complexity index is 1510. The van der Waals surface area contributed by atoms with Gasteiger partial charge in [0.25, 0.3) is 5.56 Å². The fraction of sp³-hybridized carbons (Fsp3) is 0.714. The van der Waals surface area contributed by atoms with E-state index in [1.165, 1.54) is 0 Å². The molecule has 2 aliphatic heterocycles. The van der Waals surface area contributed by atoms with Crippen LogP contribution in [0.5, 0.6) is 0 Å². The molecule has 46 heavy (non-hydrogen) atoms. The second kappa shape index (κ2) is 12.1. The molecule has 2 aliphatic rings. The quantitative estimate of drug-likeness (QED) is 0.286. The number of nitrogens with zero attached hydrogens (tertiary/aromatic N) is 1. The maximum Gasteiger partial charge on any atom is 0.330 e. The predicted molar refractivity (Wildman–Crippen MR) is 194 cm³/mol. The lowest BCUT2D eigenvalue weighted by molar-refractivity contribution is -0.151. The number of aromatic nitrogens is 2. The van der Waals surface area contributed by atoms with Gasteiger partial charge in [-0.15, -0.1) is 0 Å². The summed E-state index contributed by atoms with van der Waals surface area (Å²) in [4.78, 5) is 29.3. The van der Waals surface area contributed by atoms with E-state index in [2.05, 4.69) is 119 Å². The first kappa shape index (κ1) is 37.2. The summed E-state index contributed by atoms with van der Waals surface area (Å²) < 4.78 is 30.9. The first-order valence-electron chi connectivity index (χ1n) is 16.8. The van der Waals surface area contributed by atoms with E-state index < -0.39 is 60.2 Å². The number of hydrogen-bond acceptors (Lipinski definition) is 6. The molecular weight excluding hydrogens is 629 g/mol. The predicted octanol–water partition coefficient (Wildman–Crippen LogP) is 7.73. The normalized spacial score (nSPS) is 26.2. The number of nitrogens with one attached hydrogen (secondary N) is 1. The Morgan fingerprint density at radius 1 is 0.826 bits per heavy atom. The average Bonchev–Trinajstić information content (AvgIpc) is 3.36. The first-order valence-corrected chi connectivity index (χ1v) is 25.6. The van der Waals surface area contributed by atoms with Crippen molar-refractivity contribution in [3.05, 3.63) is 68.5 Å². The van der Waals surface area contributed by atoms with Crippen molar-refractivity contribution in [1.29, 1.82) is 0 Å². The zero-order valence-electron chi connectivity index (χ0n) is 31.1. The van der Waals surface area contributed by atoms with Gasteiger partial charge in [0.15, 0.2) is 30.7 Å². The number of H-pyrrole nitrogens is 1. The van der Waals surface area contributed by atoms with Crippen LogP contribution in [0.1, 0.15) is 79.5 Å². The van der Waals surface area contributed by atoms with Gasteiger partial charge in [0.05, 0.1) is 6.61 Å². The lowest BCUT2D eigenvalue weighted by Crippen LogP contribution is -2.60. The van der Waals surface area contributed by atoms with Crippen LogP contribution >= 0.6 is 0 Å². The second-order valence-electron chi connectivity index (χ2n) is 18.1. The Balaban J connectivity index is 2.03. The van der Waals surface area contributed by atoms with Gasteiger partial charge in [-0.2, -0.15) is 0 Å². The van der Waals surface area contributed by atoms with Crippen LogP contribution in [0, 0.1) is 0 Å². The van der Waals surface area contributed by atoms with Gasteiger partial charge in [-0.1, -0.05) is 92.6 Å². The van der Waals surface area contributed by atoms with Gasteiger partial charge in [-0.3, -0.25) is 14.3 Å². The summed E-state index contributed by atoms with van der Waals surface area (Å²) in [6, 6.07) is 11.7. The Morgan fingerprint density at radius 3 is 1.87 bits per heavy atom. The second-order valence-corrected chi connectivity index (χ2v) is 32.4. The van der Waals surface area contributed by atoms with Gasteiger partial charge in [0.2, 0.25) is 0 Å². The molecule has 2 aromatic rings. The van der Waals surface area contributed by atoms with E-state index in [1.54, 1.807) is 10.6 Å². The number of aromatic amines is 1. The van der Waals surface area contributed by atoms with Crippen molar-refractivity contribution in [3.63, 3.8) is 0 Å². The molecule has 5 atom stereocenters. The highest BCUT2D eigenvalue weighted by Crippen LogP contribution is 2.56. The molecule has 11 heteroatoms. The zero-order chi connectivity index (χ0) is 34.9. The van der Waals surface area contributed by atoms with Crippen LogP contribution in [0.2, 0.25) is 54.4 Å². The minimum atomic E-state index is -2.49. The van der Waals surface area contributed by atoms with Gasteiger partial charge in [-0.25, -0.2) is 4.79 Å². The number of fused-ring (bicyclic) bond motifs is 2. The number of rotatable bonds is 8. The Labute approximate surface area is 280 Å². The van der Waals surface area contributed by atoms with Crippen LogP contribution < -0.4 is 11.2 Å². The summed E-state index contributed by atoms with van der Waals surface area (Å²) in [5.41, 5.74) is -0.488. The molecule has 3 heterocycles. The van der Waals surface area contributed by atoms with Crippen molar-refractivity contribution < 1.29 is 18.0 Å². The molecule has 1 aromatic carbocycles. The van der Waals surface area contributed by atoms with E-state index in [-0.39, 0.29) is 21.0 Å². The third-order valence-corrected chi connectivity index (χ3v) is 25.2. The van der Waals surface area contributed by atoms with E-state index in [4.69, 9.17) is 18.0 Å². The van der Waals surface area contributed by atoms with Crippen molar-refractivity contribution >= 4 is 25.0 Å². The molecule has 0 aliphatic carbocycles. The highest BCUT2D eigenvalue weighted by atomic mass is 28.4. The van der Waals surface area contributed by atoms with Gasteiger partial charge in [0, 0.05) is 17.7 Å². The van der Waals surface area contributed by atoms with E-state index in [0.29, 0.717) is 18.7 Å². The fourth-order valence-corrected chi connectivity index (χ4v) is 9.45. The van der Waals surface area contributed by atoms with E-state index in [9.17, 15) is 9.59 Å². The van der Waals surface area contributed by atoms with Crippen molar-refractivity contribution in [3.8, 4) is 0 Å². The third kappa shape index (κ3) is 6.66. The Hall–Kier alpha value is -1.61. The van der Waals surface area contributed by atoms with Crippen molar-refractivity contribution in [2.24, 2.45) is 0 Å². The molecule has 1 unspecified atom stereocenters. The van der Waals surface area contributed by atoms with Crippen LogP contribution in [0.3, 0.4) is 0 Å². The van der Waals surface area contributed by atoms with E-state index >= 15 is 0 Å². The van der Waals surface area contributed by atoms with Crippen molar-refractivity contribution in [1.82, 2.24) is 9.55 Å². The van der Waals surface area contributed by atoms with Gasteiger partial charge < -0.3 is 18.0 Å². The van der Waals surface area contributed by atoms with E-state index in [0.717, 1.165) is 5.56 Å². The van der Waals surface area contributed by atoms with Gasteiger partial charge >= 0.3 is 5.69 Å². The molecule has 0 bridgehead atoms. The molecule has 0 saturated carbocycles. The van der Waals surface area contributed by atoms with Crippen LogP contribution in [0.4, 0.5) is 0 Å². The Kier molecular flexibility index (Phi) is 9.76. The summed E-state index contributed by atoms with van der Waals surface area (Å²) in [7, 11) is -7.08. The zero-order valence-corrected chi connectivity index (χ0v) is 34.1. The number of hydrogen-bond donors (Lipinski definition) is 1. The van der Waals surface area contributed by atoms with Gasteiger partial charge in [0.1, 0.15) is 18.3 Å². The molecule has 1 saturated heterocycles. The van der Waals surface area contributed by atoms with Crippen LogP contribution in [0.25, 0.3) is 0 Å². The molecule has 258 valence electrons. The summed E-state index contributed by atoms with van der Waals surface area (Å²) in [5.74, 6) is -0.297. The summed E-state index contributed by atoms with van der Waals surface area (Å²) in [6.07, 6.45) is -1.18. The topological polar surface area (TPSA) is 91.8 Å². The molecule has 0 radical (unpaired) electrons. The molecular formula is C35H60N2O6Si3. The summed E-state index contributed by atoms with van der Waals surface area (Å²) >= 11 is 0. The third-order valence-electron chi connectivity index (χ3n) is 11.8. The largest absolute Gasteiger partial charge is 0.414 e. The molecule has 0 amide bonds. The molecule has 1 N–H and O–H groups in total. The molecule has 8 nitrogen and oxygen atoms in total. The maximum atomic E-state index is 14.0. The maximum absolute atomic E-state index is 14.0. The summed E-state index contributed by atoms with van der Waals surface area (Å²) in [6.45, 7) is 33.9. The van der Waals surface area contributed by atoms with Gasteiger partial charge in [-0.05, 0) is 66.4 Å².